The van der Waals surface area contributed by atoms with Crippen LogP contribution < -0.4 is 4.90 Å². The van der Waals surface area contributed by atoms with Crippen molar-refractivity contribution in [3.8, 4) is 0 Å². The predicted octanol–water partition coefficient (Wildman–Crippen LogP) is 2.17. The molecule has 19 heavy (non-hydrogen) atoms. The van der Waals surface area contributed by atoms with Crippen molar-refractivity contribution in [2.75, 3.05) is 32.1 Å². The van der Waals surface area contributed by atoms with Crippen LogP contribution in [0.5, 0.6) is 0 Å². The Balaban J connectivity index is 2.23. The highest BCUT2D eigenvalue weighted by Crippen LogP contribution is 2.26. The normalized spacial score (nSPS) is 19.8. The minimum Gasteiger partial charge on any atom is -0.355 e. The molecule has 0 radical (unpaired) electrons. The number of hydrogen-bond acceptors (Lipinski definition) is 5. The van der Waals surface area contributed by atoms with E-state index in [0.717, 1.165) is 25.9 Å². The SMILES string of the molecule is CN(C)C1CCCN(c2cc([N+](=O)[O-])cc(Cl)n2)C1. The van der Waals surface area contributed by atoms with Gasteiger partial charge in [-0.25, -0.2) is 4.98 Å². The van der Waals surface area contributed by atoms with E-state index in [-0.39, 0.29) is 10.8 Å². The van der Waals surface area contributed by atoms with Crippen molar-refractivity contribution in [1.29, 1.82) is 0 Å². The summed E-state index contributed by atoms with van der Waals surface area (Å²) in [7, 11) is 4.09. The summed E-state index contributed by atoms with van der Waals surface area (Å²) in [5.74, 6) is 0.589. The van der Waals surface area contributed by atoms with Crippen LogP contribution in [0, 0.1) is 10.1 Å². The molecule has 0 spiro atoms. The Labute approximate surface area is 117 Å². The number of rotatable bonds is 3. The van der Waals surface area contributed by atoms with Crippen molar-refractivity contribution in [3.63, 3.8) is 0 Å². The number of hydrogen-bond donors (Lipinski definition) is 0. The molecule has 1 aliphatic rings. The molecule has 2 rings (SSSR count). The topological polar surface area (TPSA) is 62.5 Å². The summed E-state index contributed by atoms with van der Waals surface area (Å²) in [5, 5.41) is 11.0. The Morgan fingerprint density at radius 3 is 2.89 bits per heavy atom. The zero-order valence-electron chi connectivity index (χ0n) is 11.0. The lowest BCUT2D eigenvalue weighted by Crippen LogP contribution is -2.45. The molecule has 1 aliphatic heterocycles. The number of aromatic nitrogens is 1. The Hall–Kier alpha value is -1.40. The Morgan fingerprint density at radius 2 is 2.26 bits per heavy atom. The monoisotopic (exact) mass is 284 g/mol. The molecule has 2 heterocycles. The number of nitro groups is 1. The quantitative estimate of drug-likeness (QED) is 0.484. The summed E-state index contributed by atoms with van der Waals surface area (Å²) in [6.45, 7) is 1.67. The second-order valence-corrected chi connectivity index (χ2v) is 5.36. The van der Waals surface area contributed by atoms with Gasteiger partial charge in [-0.2, -0.15) is 0 Å². The predicted molar refractivity (Wildman–Crippen MR) is 74.8 cm³/mol. The van der Waals surface area contributed by atoms with Gasteiger partial charge in [0.05, 0.1) is 17.1 Å². The maximum absolute atomic E-state index is 10.9. The zero-order chi connectivity index (χ0) is 14.0. The van der Waals surface area contributed by atoms with E-state index in [1.807, 2.05) is 14.1 Å². The van der Waals surface area contributed by atoms with Gasteiger partial charge in [0.1, 0.15) is 11.0 Å². The van der Waals surface area contributed by atoms with Crippen LogP contribution in [0.1, 0.15) is 12.8 Å². The minimum absolute atomic E-state index is 0.0121. The largest absolute Gasteiger partial charge is 0.355 e. The first-order chi connectivity index (χ1) is 8.97. The van der Waals surface area contributed by atoms with Crippen molar-refractivity contribution in [1.82, 2.24) is 9.88 Å². The molecular weight excluding hydrogens is 268 g/mol. The Morgan fingerprint density at radius 1 is 1.53 bits per heavy atom. The highest BCUT2D eigenvalue weighted by molar-refractivity contribution is 6.29. The summed E-state index contributed by atoms with van der Waals surface area (Å²) in [6, 6.07) is 3.20. The van der Waals surface area contributed by atoms with E-state index in [1.165, 1.54) is 12.1 Å². The average molecular weight is 285 g/mol. The van der Waals surface area contributed by atoms with Crippen molar-refractivity contribution < 1.29 is 4.92 Å². The van der Waals surface area contributed by atoms with Crippen LogP contribution in [-0.2, 0) is 0 Å². The van der Waals surface area contributed by atoms with Gasteiger partial charge in [-0.3, -0.25) is 10.1 Å². The van der Waals surface area contributed by atoms with E-state index in [9.17, 15) is 10.1 Å². The maximum Gasteiger partial charge on any atom is 0.276 e. The molecule has 7 heteroatoms. The molecule has 0 N–H and O–H groups in total. The van der Waals surface area contributed by atoms with Gasteiger partial charge in [-0.05, 0) is 26.9 Å². The Kier molecular flexibility index (Phi) is 4.21. The Bertz CT molecular complexity index is 481. The second kappa shape index (κ2) is 5.71. The van der Waals surface area contributed by atoms with Gasteiger partial charge in [0.25, 0.3) is 5.69 Å². The van der Waals surface area contributed by atoms with Crippen LogP contribution in [0.2, 0.25) is 5.15 Å². The molecule has 0 saturated carbocycles. The summed E-state index contributed by atoms with van der Waals surface area (Å²) in [4.78, 5) is 18.8. The van der Waals surface area contributed by atoms with Crippen molar-refractivity contribution in [3.05, 3.63) is 27.4 Å². The van der Waals surface area contributed by atoms with Crippen LogP contribution in [-0.4, -0.2) is 48.0 Å². The molecule has 1 aromatic heterocycles. The lowest BCUT2D eigenvalue weighted by atomic mass is 10.0. The lowest BCUT2D eigenvalue weighted by molar-refractivity contribution is -0.384. The molecule has 0 amide bonds. The fraction of sp³-hybridized carbons (Fsp3) is 0.583. The first-order valence-corrected chi connectivity index (χ1v) is 6.58. The van der Waals surface area contributed by atoms with Gasteiger partial charge >= 0.3 is 0 Å². The third-order valence-electron chi connectivity index (χ3n) is 3.43. The molecule has 104 valence electrons. The van der Waals surface area contributed by atoms with Gasteiger partial charge in [0, 0.05) is 19.1 Å². The molecule has 0 aliphatic carbocycles. The number of pyridine rings is 1. The third-order valence-corrected chi connectivity index (χ3v) is 3.62. The zero-order valence-corrected chi connectivity index (χ0v) is 11.8. The van der Waals surface area contributed by atoms with E-state index < -0.39 is 4.92 Å². The average Bonchev–Trinajstić information content (AvgIpc) is 2.38. The molecule has 1 atom stereocenters. The minimum atomic E-state index is -0.440. The first kappa shape index (κ1) is 14.0. The molecular formula is C12H17ClN4O2. The standard InChI is InChI=1S/C12H17ClN4O2/c1-15(2)9-4-3-5-16(8-9)12-7-10(17(18)19)6-11(13)14-12/h6-7,9H,3-5,8H2,1-2H3. The molecule has 1 unspecified atom stereocenters. The molecule has 1 aromatic rings. The van der Waals surface area contributed by atoms with Crippen LogP contribution >= 0.6 is 11.6 Å². The summed E-state index contributed by atoms with van der Waals surface area (Å²) in [5.41, 5.74) is -0.0121. The molecule has 1 fully saturated rings. The molecule has 6 nitrogen and oxygen atoms in total. The van der Waals surface area contributed by atoms with Crippen LogP contribution in [0.15, 0.2) is 12.1 Å². The van der Waals surface area contributed by atoms with Crippen molar-refractivity contribution >= 4 is 23.1 Å². The fourth-order valence-electron chi connectivity index (χ4n) is 2.32. The van der Waals surface area contributed by atoms with Gasteiger partial charge in [-0.1, -0.05) is 11.6 Å². The number of nitrogens with zero attached hydrogens (tertiary/aromatic N) is 4. The summed E-state index contributed by atoms with van der Waals surface area (Å²) < 4.78 is 0. The molecule has 0 bridgehead atoms. The fourth-order valence-corrected chi connectivity index (χ4v) is 2.52. The van der Waals surface area contributed by atoms with E-state index in [0.29, 0.717) is 11.9 Å². The van der Waals surface area contributed by atoms with Gasteiger partial charge in [0.15, 0.2) is 0 Å². The van der Waals surface area contributed by atoms with Crippen LogP contribution in [0.4, 0.5) is 11.5 Å². The lowest BCUT2D eigenvalue weighted by Gasteiger charge is -2.36. The van der Waals surface area contributed by atoms with E-state index >= 15 is 0 Å². The van der Waals surface area contributed by atoms with Crippen LogP contribution in [0.3, 0.4) is 0 Å². The molecule has 1 saturated heterocycles. The van der Waals surface area contributed by atoms with Gasteiger partial charge in [-0.15, -0.1) is 0 Å². The highest BCUT2D eigenvalue weighted by atomic mass is 35.5. The van der Waals surface area contributed by atoms with Crippen molar-refractivity contribution in [2.24, 2.45) is 0 Å². The van der Waals surface area contributed by atoms with E-state index in [1.54, 1.807) is 0 Å². The highest BCUT2D eigenvalue weighted by Gasteiger charge is 2.24. The van der Waals surface area contributed by atoms with E-state index in [4.69, 9.17) is 11.6 Å². The first-order valence-electron chi connectivity index (χ1n) is 6.20. The third kappa shape index (κ3) is 3.33. The van der Waals surface area contributed by atoms with Gasteiger partial charge < -0.3 is 9.80 Å². The maximum atomic E-state index is 10.9. The van der Waals surface area contributed by atoms with Gasteiger partial charge in [0.2, 0.25) is 0 Å². The number of anilines is 1. The summed E-state index contributed by atoms with van der Waals surface area (Å²) >= 11 is 5.86. The molecule has 0 aromatic carbocycles. The van der Waals surface area contributed by atoms with Crippen LogP contribution in [0.25, 0.3) is 0 Å². The number of halogens is 1. The number of likely N-dealkylation sites (N-methyl/N-ethyl adjacent to an activating group) is 1. The summed E-state index contributed by atoms with van der Waals surface area (Å²) in [6.07, 6.45) is 2.18. The van der Waals surface area contributed by atoms with E-state index in [2.05, 4.69) is 14.8 Å². The smallest absolute Gasteiger partial charge is 0.276 e. The number of piperidine rings is 1. The second-order valence-electron chi connectivity index (χ2n) is 4.97. The van der Waals surface area contributed by atoms with Crippen molar-refractivity contribution in [2.45, 2.75) is 18.9 Å².